The minimum atomic E-state index is -0.0802. The maximum Gasteiger partial charge on any atom is 0.251 e. The number of ether oxygens (including phenoxy) is 4. The van der Waals surface area contributed by atoms with Crippen LogP contribution < -0.4 is 19.5 Å². The first-order valence-corrected chi connectivity index (χ1v) is 10.3. The van der Waals surface area contributed by atoms with Crippen LogP contribution in [-0.4, -0.2) is 64.5 Å². The summed E-state index contributed by atoms with van der Waals surface area (Å²) in [5.41, 5.74) is 2.82. The summed E-state index contributed by atoms with van der Waals surface area (Å²) in [4.78, 5) is 15.2. The quantitative estimate of drug-likeness (QED) is 0.753. The second-order valence-electron chi connectivity index (χ2n) is 7.41. The minimum absolute atomic E-state index is 0.00965. The van der Waals surface area contributed by atoms with E-state index in [1.165, 1.54) is 0 Å². The molecule has 2 aromatic carbocycles. The number of fused-ring (bicyclic) bond motifs is 1. The van der Waals surface area contributed by atoms with E-state index < -0.39 is 0 Å². The molecule has 0 bridgehead atoms. The molecule has 1 amide bonds. The Labute approximate surface area is 176 Å². The standard InChI is InChI=1S/C23H28N2O5/c1-27-21-6-3-16(14-22(21)28-2)19(25-8-11-29-12-9-25)15-24-23(26)18-4-5-20-17(13-18)7-10-30-20/h3-6,13-14,19H,7-12,15H2,1-2H3,(H,24,26)/t19-/m1/s1. The number of rotatable bonds is 7. The van der Waals surface area contributed by atoms with Gasteiger partial charge in [0.25, 0.3) is 5.91 Å². The molecule has 0 unspecified atom stereocenters. The zero-order valence-corrected chi connectivity index (χ0v) is 17.5. The molecule has 1 saturated heterocycles. The highest BCUT2D eigenvalue weighted by atomic mass is 16.5. The van der Waals surface area contributed by atoms with Crippen LogP contribution in [0.3, 0.4) is 0 Å². The van der Waals surface area contributed by atoms with Gasteiger partial charge in [-0.2, -0.15) is 0 Å². The summed E-state index contributed by atoms with van der Waals surface area (Å²) in [6.07, 6.45) is 0.846. The van der Waals surface area contributed by atoms with Crippen LogP contribution in [0.1, 0.15) is 27.5 Å². The Bertz CT molecular complexity index is 895. The molecule has 0 radical (unpaired) electrons. The predicted octanol–water partition coefficient (Wildman–Crippen LogP) is 2.44. The van der Waals surface area contributed by atoms with Crippen molar-refractivity contribution in [3.63, 3.8) is 0 Å². The number of hydrogen-bond donors (Lipinski definition) is 1. The molecule has 160 valence electrons. The summed E-state index contributed by atoms with van der Waals surface area (Å²) in [5, 5.41) is 3.12. The van der Waals surface area contributed by atoms with Gasteiger partial charge in [-0.05, 0) is 41.5 Å². The molecule has 30 heavy (non-hydrogen) atoms. The molecule has 7 heteroatoms. The van der Waals surface area contributed by atoms with Gasteiger partial charge in [-0.1, -0.05) is 6.07 Å². The van der Waals surface area contributed by atoms with Crippen molar-refractivity contribution < 1.29 is 23.7 Å². The average Bonchev–Trinajstić information content (AvgIpc) is 3.27. The molecule has 2 heterocycles. The fourth-order valence-corrected chi connectivity index (χ4v) is 4.03. The summed E-state index contributed by atoms with van der Waals surface area (Å²) in [6, 6.07) is 11.6. The van der Waals surface area contributed by atoms with Crippen LogP contribution in [-0.2, 0) is 11.2 Å². The number of amides is 1. The molecule has 1 fully saturated rings. The molecule has 2 aliphatic rings. The van der Waals surface area contributed by atoms with Crippen molar-refractivity contribution in [1.82, 2.24) is 10.2 Å². The Morgan fingerprint density at radius 3 is 2.63 bits per heavy atom. The third-order valence-corrected chi connectivity index (χ3v) is 5.69. The summed E-state index contributed by atoms with van der Waals surface area (Å²) in [7, 11) is 3.25. The lowest BCUT2D eigenvalue weighted by molar-refractivity contribution is 0.0162. The molecule has 0 aliphatic carbocycles. The third-order valence-electron chi connectivity index (χ3n) is 5.69. The summed E-state index contributed by atoms with van der Waals surface area (Å²) < 4.78 is 21.9. The number of nitrogens with zero attached hydrogens (tertiary/aromatic N) is 1. The van der Waals surface area contributed by atoms with Crippen LogP contribution in [0.15, 0.2) is 36.4 Å². The summed E-state index contributed by atoms with van der Waals surface area (Å²) in [5.74, 6) is 2.16. The lowest BCUT2D eigenvalue weighted by Crippen LogP contribution is -2.43. The smallest absolute Gasteiger partial charge is 0.251 e. The van der Waals surface area contributed by atoms with E-state index in [0.717, 1.165) is 36.4 Å². The Hall–Kier alpha value is -2.77. The molecule has 2 aliphatic heterocycles. The van der Waals surface area contributed by atoms with Crippen molar-refractivity contribution in [2.45, 2.75) is 12.5 Å². The maximum absolute atomic E-state index is 12.8. The van der Waals surface area contributed by atoms with Crippen LogP contribution in [0.5, 0.6) is 17.2 Å². The Kier molecular flexibility index (Phi) is 6.40. The van der Waals surface area contributed by atoms with Crippen LogP contribution in [0, 0.1) is 0 Å². The molecule has 7 nitrogen and oxygen atoms in total. The number of carbonyl (C=O) groups is 1. The zero-order valence-electron chi connectivity index (χ0n) is 17.5. The Balaban J connectivity index is 1.52. The fourth-order valence-electron chi connectivity index (χ4n) is 4.03. The summed E-state index contributed by atoms with van der Waals surface area (Å²) >= 11 is 0. The molecule has 0 saturated carbocycles. The lowest BCUT2D eigenvalue weighted by Gasteiger charge is -2.35. The first-order valence-electron chi connectivity index (χ1n) is 10.3. The van der Waals surface area contributed by atoms with Gasteiger partial charge in [0.2, 0.25) is 0 Å². The van der Waals surface area contributed by atoms with Gasteiger partial charge in [0.1, 0.15) is 5.75 Å². The Morgan fingerprint density at radius 2 is 1.87 bits per heavy atom. The van der Waals surface area contributed by atoms with Gasteiger partial charge >= 0.3 is 0 Å². The van der Waals surface area contributed by atoms with Crippen molar-refractivity contribution in [2.24, 2.45) is 0 Å². The number of morpholine rings is 1. The van der Waals surface area contributed by atoms with Crippen LogP contribution in [0.2, 0.25) is 0 Å². The maximum atomic E-state index is 12.8. The monoisotopic (exact) mass is 412 g/mol. The highest BCUT2D eigenvalue weighted by Crippen LogP contribution is 2.32. The normalized spacial score (nSPS) is 17.0. The number of carbonyl (C=O) groups excluding carboxylic acids is 1. The highest BCUT2D eigenvalue weighted by Gasteiger charge is 2.25. The molecule has 1 N–H and O–H groups in total. The van der Waals surface area contributed by atoms with E-state index in [9.17, 15) is 4.79 Å². The van der Waals surface area contributed by atoms with Crippen LogP contribution >= 0.6 is 0 Å². The van der Waals surface area contributed by atoms with E-state index in [2.05, 4.69) is 10.2 Å². The first kappa shape index (κ1) is 20.5. The van der Waals surface area contributed by atoms with Gasteiger partial charge in [-0.15, -0.1) is 0 Å². The van der Waals surface area contributed by atoms with Crippen molar-refractivity contribution in [1.29, 1.82) is 0 Å². The van der Waals surface area contributed by atoms with Gasteiger partial charge in [-0.25, -0.2) is 0 Å². The number of nitrogens with one attached hydrogen (secondary N) is 1. The van der Waals surface area contributed by atoms with Gasteiger partial charge in [-0.3, -0.25) is 9.69 Å². The highest BCUT2D eigenvalue weighted by molar-refractivity contribution is 5.94. The van der Waals surface area contributed by atoms with Gasteiger partial charge in [0, 0.05) is 31.6 Å². The van der Waals surface area contributed by atoms with Crippen molar-refractivity contribution in [3.05, 3.63) is 53.1 Å². The molecule has 1 atom stereocenters. The first-order chi connectivity index (χ1) is 14.7. The average molecular weight is 412 g/mol. The lowest BCUT2D eigenvalue weighted by atomic mass is 10.0. The van der Waals surface area contributed by atoms with Gasteiger partial charge < -0.3 is 24.3 Å². The number of hydrogen-bond acceptors (Lipinski definition) is 6. The van der Waals surface area contributed by atoms with E-state index in [1.54, 1.807) is 14.2 Å². The van der Waals surface area contributed by atoms with Crippen LogP contribution in [0.25, 0.3) is 0 Å². The van der Waals surface area contributed by atoms with E-state index in [1.807, 2.05) is 36.4 Å². The number of benzene rings is 2. The summed E-state index contributed by atoms with van der Waals surface area (Å²) in [6.45, 7) is 4.15. The zero-order chi connectivity index (χ0) is 20.9. The largest absolute Gasteiger partial charge is 0.493 e. The molecule has 2 aromatic rings. The van der Waals surface area contributed by atoms with E-state index in [0.29, 0.717) is 43.4 Å². The second-order valence-corrected chi connectivity index (χ2v) is 7.41. The molecule has 0 aromatic heterocycles. The molecular weight excluding hydrogens is 384 g/mol. The molecule has 0 spiro atoms. The van der Waals surface area contributed by atoms with E-state index >= 15 is 0 Å². The molecule has 4 rings (SSSR count). The minimum Gasteiger partial charge on any atom is -0.493 e. The van der Waals surface area contributed by atoms with Crippen molar-refractivity contribution in [3.8, 4) is 17.2 Å². The van der Waals surface area contributed by atoms with Crippen molar-refractivity contribution >= 4 is 5.91 Å². The van der Waals surface area contributed by atoms with Crippen molar-refractivity contribution in [2.75, 3.05) is 53.7 Å². The van der Waals surface area contributed by atoms with Crippen LogP contribution in [0.4, 0.5) is 0 Å². The van der Waals surface area contributed by atoms with Gasteiger partial charge in [0.05, 0.1) is 40.1 Å². The predicted molar refractivity (Wildman–Crippen MR) is 113 cm³/mol. The fraction of sp³-hybridized carbons (Fsp3) is 0.435. The number of methoxy groups -OCH3 is 2. The second kappa shape index (κ2) is 9.36. The topological polar surface area (TPSA) is 69.3 Å². The Morgan fingerprint density at radius 1 is 1.07 bits per heavy atom. The molecular formula is C23H28N2O5. The van der Waals surface area contributed by atoms with E-state index in [-0.39, 0.29) is 11.9 Å². The SMILES string of the molecule is COc1ccc([C@@H](CNC(=O)c2ccc3c(c2)CCO3)N2CCOCC2)cc1OC. The van der Waals surface area contributed by atoms with Gasteiger partial charge in [0.15, 0.2) is 11.5 Å². The third kappa shape index (κ3) is 4.37. The van der Waals surface area contributed by atoms with E-state index in [4.69, 9.17) is 18.9 Å².